The van der Waals surface area contributed by atoms with E-state index in [1.807, 2.05) is 0 Å². The summed E-state index contributed by atoms with van der Waals surface area (Å²) >= 11 is 0. The van der Waals surface area contributed by atoms with Crippen molar-refractivity contribution in [2.75, 3.05) is 18.9 Å². The number of nitrogen functional groups attached to an aromatic ring is 1. The second-order valence-corrected chi connectivity index (χ2v) is 9.76. The monoisotopic (exact) mass is 737 g/mol. The molecular weight excluding hydrogens is 708 g/mol. The molecule has 5 N–H and O–H groups in total. The third kappa shape index (κ3) is 8.61. The van der Waals surface area contributed by atoms with E-state index in [1.165, 1.54) is 54.6 Å². The van der Waals surface area contributed by atoms with Gasteiger partial charge in [0.2, 0.25) is 0 Å². The van der Waals surface area contributed by atoms with Crippen LogP contribution in [0.15, 0.2) is 93.8 Å². The number of esters is 2. The minimum Gasteiger partial charge on any atom is -0.462 e. The van der Waals surface area contributed by atoms with Crippen molar-refractivity contribution in [2.45, 2.75) is 13.8 Å². The van der Waals surface area contributed by atoms with Crippen molar-refractivity contribution in [3.8, 4) is 22.6 Å². The van der Waals surface area contributed by atoms with Crippen molar-refractivity contribution < 1.29 is 58.7 Å². The Labute approximate surface area is 295 Å². The van der Waals surface area contributed by atoms with Crippen LogP contribution >= 0.6 is 12.4 Å². The number of nitrogens with zero attached hydrogens (tertiary/aromatic N) is 1. The molecule has 6 rings (SSSR count). The van der Waals surface area contributed by atoms with Gasteiger partial charge in [-0.1, -0.05) is 0 Å². The number of hydrogen-bond acceptors (Lipinski definition) is 10. The van der Waals surface area contributed by atoms with Gasteiger partial charge in [-0.3, -0.25) is 10.1 Å². The van der Waals surface area contributed by atoms with Gasteiger partial charge in [0.05, 0.1) is 24.2 Å². The summed E-state index contributed by atoms with van der Waals surface area (Å²) in [7, 11) is 0. The molecule has 2 aromatic heterocycles. The summed E-state index contributed by atoms with van der Waals surface area (Å²) < 4.78 is 47.8. The van der Waals surface area contributed by atoms with Crippen LogP contribution in [-0.2, 0) is 26.5 Å². The van der Waals surface area contributed by atoms with Crippen LogP contribution in [-0.4, -0.2) is 30.1 Å². The normalized spacial score (nSPS) is 10.1. The second-order valence-electron chi connectivity index (χ2n) is 9.76. The summed E-state index contributed by atoms with van der Waals surface area (Å²) in [6, 6.07) is 20.1. The van der Waals surface area contributed by atoms with Crippen molar-refractivity contribution in [1.82, 2.24) is 6.15 Å². The first kappa shape index (κ1) is 39.9. The van der Waals surface area contributed by atoms with Gasteiger partial charge >= 0.3 is 11.9 Å². The molecule has 258 valence electrons. The molecule has 0 aliphatic heterocycles. The Morgan fingerprint density at radius 2 is 1.14 bits per heavy atom. The first-order valence-electron chi connectivity index (χ1n) is 14.0. The SMILES string of the molecule is CCOC(=O)c1c(-c2ccc(F)cc2)oc2cc(N)ccc12.CCOC(=O)c1c(-c2ccc(F)cc2)oc2cc([N+](=O)[O-])ccc12.Cl.N.[Fe]. The molecule has 0 spiro atoms. The number of benzene rings is 4. The molecule has 0 saturated heterocycles. The van der Waals surface area contributed by atoms with E-state index >= 15 is 0 Å². The minimum absolute atomic E-state index is 0. The number of nitrogens with two attached hydrogens (primary N) is 1. The zero-order chi connectivity index (χ0) is 33.0. The topological polar surface area (TPSA) is 183 Å². The molecule has 11 nitrogen and oxygen atoms in total. The van der Waals surface area contributed by atoms with Crippen LogP contribution in [0.25, 0.3) is 44.6 Å². The number of halogens is 3. The smallest absolute Gasteiger partial charge is 0.342 e. The molecule has 0 saturated carbocycles. The van der Waals surface area contributed by atoms with E-state index in [0.717, 1.165) is 0 Å². The van der Waals surface area contributed by atoms with Crippen LogP contribution in [0.1, 0.15) is 34.6 Å². The Morgan fingerprint density at radius 3 is 1.55 bits per heavy atom. The Morgan fingerprint density at radius 1 is 0.735 bits per heavy atom. The molecule has 2 heterocycles. The molecule has 0 aliphatic carbocycles. The van der Waals surface area contributed by atoms with Crippen LogP contribution < -0.4 is 11.9 Å². The second kappa shape index (κ2) is 17.2. The molecule has 0 amide bonds. The van der Waals surface area contributed by atoms with E-state index in [2.05, 4.69) is 0 Å². The van der Waals surface area contributed by atoms with Gasteiger partial charge in [-0.2, -0.15) is 0 Å². The molecule has 0 fully saturated rings. The minimum atomic E-state index is -0.607. The number of hydrogen-bond donors (Lipinski definition) is 2. The van der Waals surface area contributed by atoms with Crippen molar-refractivity contribution in [1.29, 1.82) is 0 Å². The van der Waals surface area contributed by atoms with Crippen LogP contribution in [0.3, 0.4) is 0 Å². The molecule has 0 bridgehead atoms. The molecule has 0 atom stereocenters. The number of fused-ring (bicyclic) bond motifs is 2. The van der Waals surface area contributed by atoms with Crippen LogP contribution in [0.5, 0.6) is 0 Å². The maximum Gasteiger partial charge on any atom is 0.342 e. The van der Waals surface area contributed by atoms with Gasteiger partial charge in [-0.05, 0) is 80.6 Å². The van der Waals surface area contributed by atoms with Gasteiger partial charge in [0.1, 0.15) is 45.4 Å². The Kier molecular flexibility index (Phi) is 14.0. The van der Waals surface area contributed by atoms with E-state index in [4.69, 9.17) is 24.0 Å². The number of ether oxygens (including phenoxy) is 2. The number of carbonyl (C=O) groups excluding carboxylic acids is 2. The first-order chi connectivity index (χ1) is 22.1. The maximum absolute atomic E-state index is 13.1. The summed E-state index contributed by atoms with van der Waals surface area (Å²) in [4.78, 5) is 34.9. The Bertz CT molecular complexity index is 2080. The van der Waals surface area contributed by atoms with Crippen LogP contribution in [0.4, 0.5) is 20.2 Å². The third-order valence-corrected chi connectivity index (χ3v) is 6.77. The van der Waals surface area contributed by atoms with E-state index in [1.54, 1.807) is 44.2 Å². The fourth-order valence-corrected chi connectivity index (χ4v) is 4.73. The van der Waals surface area contributed by atoms with E-state index < -0.39 is 22.7 Å². The molecule has 15 heteroatoms. The number of rotatable bonds is 7. The van der Waals surface area contributed by atoms with Gasteiger partial charge in [0.15, 0.2) is 0 Å². The number of carbonyl (C=O) groups is 2. The van der Waals surface area contributed by atoms with Crippen molar-refractivity contribution >= 4 is 57.7 Å². The number of anilines is 1. The third-order valence-electron chi connectivity index (χ3n) is 6.77. The number of furan rings is 2. The molecule has 0 radical (unpaired) electrons. The Hall–Kier alpha value is -5.27. The predicted octanol–water partition coefficient (Wildman–Crippen LogP) is 8.90. The van der Waals surface area contributed by atoms with Gasteiger partial charge < -0.3 is 30.2 Å². The molecule has 0 aliphatic rings. The summed E-state index contributed by atoms with van der Waals surface area (Å²) in [5, 5.41) is 11.9. The van der Waals surface area contributed by atoms with Crippen molar-refractivity contribution in [3.05, 3.63) is 118 Å². The van der Waals surface area contributed by atoms with Gasteiger partial charge in [0.25, 0.3) is 5.69 Å². The van der Waals surface area contributed by atoms with Crippen LogP contribution in [0, 0.1) is 21.7 Å². The summed E-state index contributed by atoms with van der Waals surface area (Å²) in [5.41, 5.74) is 8.35. The zero-order valence-corrected chi connectivity index (χ0v) is 27.9. The largest absolute Gasteiger partial charge is 0.462 e. The summed E-state index contributed by atoms with van der Waals surface area (Å²) in [6.45, 7) is 3.82. The quantitative estimate of drug-likeness (QED) is 0.0527. The fraction of sp³-hybridized carbons (Fsp3) is 0.118. The molecule has 6 aromatic rings. The average Bonchev–Trinajstić information content (AvgIpc) is 3.60. The fourth-order valence-electron chi connectivity index (χ4n) is 4.73. The number of nitro groups is 1. The van der Waals surface area contributed by atoms with Crippen LogP contribution in [0.2, 0.25) is 0 Å². The number of non-ortho nitro benzene ring substituents is 1. The molecule has 4 aromatic carbocycles. The molecule has 49 heavy (non-hydrogen) atoms. The zero-order valence-electron chi connectivity index (χ0n) is 26.0. The van der Waals surface area contributed by atoms with Gasteiger partial charge in [0, 0.05) is 56.8 Å². The first-order valence-corrected chi connectivity index (χ1v) is 14.0. The number of nitro benzene ring substituents is 1. The van der Waals surface area contributed by atoms with E-state index in [9.17, 15) is 28.5 Å². The Balaban J connectivity index is 0.000000321. The van der Waals surface area contributed by atoms with Crippen molar-refractivity contribution in [3.63, 3.8) is 0 Å². The summed E-state index contributed by atoms with van der Waals surface area (Å²) in [6.07, 6.45) is 0. The maximum atomic E-state index is 13.1. The average molecular weight is 738 g/mol. The predicted molar refractivity (Wildman–Crippen MR) is 178 cm³/mol. The standard InChI is InChI=1S/C17H12FNO5.C17H14FNO3.ClH.Fe.H3N/c1-2-23-17(20)15-13-8-7-12(19(21)22)9-14(13)24-16(15)10-3-5-11(18)6-4-10;1-2-21-17(20)15-13-8-7-12(19)9-14(13)22-16(15)10-3-5-11(18)6-4-10;;;/h3-9H,2H2,1H3;3-9H,2,19H2,1H3;1H;;1H3. The molecular formula is C34H30ClF2FeN3O8. The van der Waals surface area contributed by atoms with E-state index in [0.29, 0.717) is 44.5 Å². The van der Waals surface area contributed by atoms with Gasteiger partial charge in [-0.25, -0.2) is 18.4 Å². The van der Waals surface area contributed by atoms with E-state index in [-0.39, 0.29) is 77.3 Å². The molecule has 0 unspecified atom stereocenters. The summed E-state index contributed by atoms with van der Waals surface area (Å²) in [5.74, 6) is -1.34. The van der Waals surface area contributed by atoms with Gasteiger partial charge in [-0.15, -0.1) is 12.4 Å². The van der Waals surface area contributed by atoms with Crippen molar-refractivity contribution in [2.24, 2.45) is 0 Å².